The first-order valence-electron chi connectivity index (χ1n) is 7.06. The average molecular weight is 332 g/mol. The smallest absolute Gasteiger partial charge is 0.282 e. The molecule has 0 unspecified atom stereocenters. The number of benzene rings is 1. The topological polar surface area (TPSA) is 66.6 Å². The van der Waals surface area contributed by atoms with Crippen LogP contribution < -0.4 is 5.73 Å². The summed E-state index contributed by atoms with van der Waals surface area (Å²) in [4.78, 5) is 0. The van der Waals surface area contributed by atoms with Gasteiger partial charge in [0.15, 0.2) is 0 Å². The number of rotatable bonds is 4. The van der Waals surface area contributed by atoms with Crippen molar-refractivity contribution in [1.29, 1.82) is 0 Å². The van der Waals surface area contributed by atoms with Gasteiger partial charge in [-0.3, -0.25) is 0 Å². The van der Waals surface area contributed by atoms with E-state index in [1.165, 1.54) is 4.31 Å². The summed E-state index contributed by atoms with van der Waals surface area (Å²) in [6.07, 6.45) is 1.82. The predicted octanol–water partition coefficient (Wildman–Crippen LogP) is 2.33. The third-order valence-electron chi connectivity index (χ3n) is 3.93. The van der Waals surface area contributed by atoms with Crippen molar-refractivity contribution in [1.82, 2.24) is 8.61 Å². The van der Waals surface area contributed by atoms with Crippen molar-refractivity contribution in [3.8, 4) is 0 Å². The van der Waals surface area contributed by atoms with Gasteiger partial charge in [-0.2, -0.15) is 17.0 Å². The van der Waals surface area contributed by atoms with Gasteiger partial charge in [0.25, 0.3) is 10.2 Å². The van der Waals surface area contributed by atoms with E-state index in [0.29, 0.717) is 35.3 Å². The summed E-state index contributed by atoms with van der Waals surface area (Å²) in [5.74, 6) is 0.588. The van der Waals surface area contributed by atoms with Crippen LogP contribution in [0.15, 0.2) is 18.2 Å². The molecule has 1 aliphatic heterocycles. The SMILES string of the molecule is CC1CCN(S(=O)(=O)N(C)Cc2cc(N)ccc2Cl)CC1. The lowest BCUT2D eigenvalue weighted by molar-refractivity contribution is 0.269. The van der Waals surface area contributed by atoms with Crippen LogP contribution in [0.2, 0.25) is 5.02 Å². The molecule has 1 heterocycles. The van der Waals surface area contributed by atoms with Gasteiger partial charge in [0.2, 0.25) is 0 Å². The minimum atomic E-state index is -3.45. The summed E-state index contributed by atoms with van der Waals surface area (Å²) in [7, 11) is -1.87. The maximum Gasteiger partial charge on any atom is 0.282 e. The summed E-state index contributed by atoms with van der Waals surface area (Å²) in [6, 6.07) is 5.11. The molecule has 1 aliphatic rings. The largest absolute Gasteiger partial charge is 0.399 e. The third kappa shape index (κ3) is 3.88. The Bertz CT molecular complexity index is 598. The fourth-order valence-corrected chi connectivity index (χ4v) is 4.00. The highest BCUT2D eigenvalue weighted by atomic mass is 35.5. The summed E-state index contributed by atoms with van der Waals surface area (Å²) in [5.41, 5.74) is 7.03. The van der Waals surface area contributed by atoms with Gasteiger partial charge in [-0.25, -0.2) is 0 Å². The normalized spacial score (nSPS) is 18.3. The molecule has 0 radical (unpaired) electrons. The standard InChI is InChI=1S/C14H22ClN3O2S/c1-11-5-7-18(8-6-11)21(19,20)17(2)10-12-9-13(16)3-4-14(12)15/h3-4,9,11H,5-8,10,16H2,1-2H3. The first-order chi connectivity index (χ1) is 9.80. The van der Waals surface area contributed by atoms with Crippen molar-refractivity contribution >= 4 is 27.5 Å². The molecule has 0 atom stereocenters. The molecule has 21 heavy (non-hydrogen) atoms. The Morgan fingerprint density at radius 1 is 1.38 bits per heavy atom. The Hall–Kier alpha value is -0.820. The molecule has 0 bridgehead atoms. The molecule has 1 aromatic rings. The zero-order valence-electron chi connectivity index (χ0n) is 12.4. The zero-order valence-corrected chi connectivity index (χ0v) is 14.0. The maximum absolute atomic E-state index is 12.6. The number of piperidine rings is 1. The van der Waals surface area contributed by atoms with E-state index < -0.39 is 10.2 Å². The molecule has 2 N–H and O–H groups in total. The van der Waals surface area contributed by atoms with Gasteiger partial charge in [-0.05, 0) is 42.5 Å². The van der Waals surface area contributed by atoms with Crippen molar-refractivity contribution < 1.29 is 8.42 Å². The number of nitrogen functional groups attached to an aromatic ring is 1. The third-order valence-corrected chi connectivity index (χ3v) is 6.23. The molecule has 118 valence electrons. The molecule has 1 aromatic carbocycles. The van der Waals surface area contributed by atoms with E-state index in [9.17, 15) is 8.42 Å². The number of hydrogen-bond donors (Lipinski definition) is 1. The van der Waals surface area contributed by atoms with Crippen LogP contribution in [0.25, 0.3) is 0 Å². The average Bonchev–Trinajstić information content (AvgIpc) is 2.43. The minimum Gasteiger partial charge on any atom is -0.399 e. The van der Waals surface area contributed by atoms with E-state index in [2.05, 4.69) is 6.92 Å². The summed E-state index contributed by atoms with van der Waals surface area (Å²) >= 11 is 6.10. The Morgan fingerprint density at radius 3 is 2.62 bits per heavy atom. The van der Waals surface area contributed by atoms with Gasteiger partial charge in [0.05, 0.1) is 0 Å². The summed E-state index contributed by atoms with van der Waals surface area (Å²) in [5, 5.41) is 0.526. The minimum absolute atomic E-state index is 0.220. The molecule has 1 fully saturated rings. The van der Waals surface area contributed by atoms with Crippen LogP contribution >= 0.6 is 11.6 Å². The Labute approximate surface area is 131 Å². The molecular formula is C14H22ClN3O2S. The van der Waals surface area contributed by atoms with E-state index in [4.69, 9.17) is 17.3 Å². The number of nitrogens with two attached hydrogens (primary N) is 1. The van der Waals surface area contributed by atoms with Gasteiger partial charge in [0, 0.05) is 37.4 Å². The number of nitrogens with zero attached hydrogens (tertiary/aromatic N) is 2. The van der Waals surface area contributed by atoms with Crippen molar-refractivity contribution in [2.45, 2.75) is 26.3 Å². The van der Waals surface area contributed by atoms with Crippen molar-refractivity contribution in [3.63, 3.8) is 0 Å². The lowest BCUT2D eigenvalue weighted by Gasteiger charge is -2.32. The van der Waals surface area contributed by atoms with E-state index in [-0.39, 0.29) is 6.54 Å². The maximum atomic E-state index is 12.6. The molecule has 2 rings (SSSR count). The fraction of sp³-hybridized carbons (Fsp3) is 0.571. The van der Waals surface area contributed by atoms with Crippen molar-refractivity contribution in [3.05, 3.63) is 28.8 Å². The second-order valence-electron chi connectivity index (χ2n) is 5.70. The second kappa shape index (κ2) is 6.52. The molecule has 0 saturated carbocycles. The van der Waals surface area contributed by atoms with E-state index in [1.807, 2.05) is 0 Å². The van der Waals surface area contributed by atoms with Gasteiger partial charge in [-0.1, -0.05) is 18.5 Å². The van der Waals surface area contributed by atoms with E-state index in [1.54, 1.807) is 29.6 Å². The van der Waals surface area contributed by atoms with Crippen molar-refractivity contribution in [2.75, 3.05) is 25.9 Å². The number of hydrogen-bond acceptors (Lipinski definition) is 3. The van der Waals surface area contributed by atoms with E-state index >= 15 is 0 Å². The van der Waals surface area contributed by atoms with Gasteiger partial charge in [-0.15, -0.1) is 0 Å². The molecule has 0 amide bonds. The first-order valence-corrected chi connectivity index (χ1v) is 8.83. The highest BCUT2D eigenvalue weighted by molar-refractivity contribution is 7.86. The fourth-order valence-electron chi connectivity index (χ4n) is 2.45. The van der Waals surface area contributed by atoms with Gasteiger partial charge in [0.1, 0.15) is 0 Å². The molecule has 0 aromatic heterocycles. The van der Waals surface area contributed by atoms with Crippen LogP contribution in [-0.4, -0.2) is 37.2 Å². The van der Waals surface area contributed by atoms with Crippen LogP contribution in [0, 0.1) is 5.92 Å². The van der Waals surface area contributed by atoms with Crippen LogP contribution in [0.3, 0.4) is 0 Å². The van der Waals surface area contributed by atoms with Crippen molar-refractivity contribution in [2.24, 2.45) is 5.92 Å². The lowest BCUT2D eigenvalue weighted by Crippen LogP contribution is -2.45. The molecule has 5 nitrogen and oxygen atoms in total. The van der Waals surface area contributed by atoms with Crippen LogP contribution in [-0.2, 0) is 16.8 Å². The monoisotopic (exact) mass is 331 g/mol. The first kappa shape index (κ1) is 16.5. The van der Waals surface area contributed by atoms with E-state index in [0.717, 1.165) is 12.8 Å². The Kier molecular flexibility index (Phi) is 5.14. The molecule has 7 heteroatoms. The second-order valence-corrected chi connectivity index (χ2v) is 8.14. The number of anilines is 1. The molecule has 1 saturated heterocycles. The lowest BCUT2D eigenvalue weighted by atomic mass is 10.0. The Balaban J connectivity index is 2.11. The summed E-state index contributed by atoms with van der Waals surface area (Å²) in [6.45, 7) is 3.54. The van der Waals surface area contributed by atoms with Crippen LogP contribution in [0.5, 0.6) is 0 Å². The highest BCUT2D eigenvalue weighted by Crippen LogP contribution is 2.24. The Morgan fingerprint density at radius 2 is 2.00 bits per heavy atom. The predicted molar refractivity (Wildman–Crippen MR) is 86.2 cm³/mol. The highest BCUT2D eigenvalue weighted by Gasteiger charge is 2.30. The number of halogens is 1. The summed E-state index contributed by atoms with van der Waals surface area (Å²) < 4.78 is 28.0. The zero-order chi connectivity index (χ0) is 15.6. The molecule has 0 aliphatic carbocycles. The molecule has 0 spiro atoms. The molecular weight excluding hydrogens is 310 g/mol. The van der Waals surface area contributed by atoms with Gasteiger partial charge >= 0.3 is 0 Å². The quantitative estimate of drug-likeness (QED) is 0.861. The van der Waals surface area contributed by atoms with Gasteiger partial charge < -0.3 is 5.73 Å². The van der Waals surface area contributed by atoms with Crippen LogP contribution in [0.4, 0.5) is 5.69 Å². The van der Waals surface area contributed by atoms with Crippen LogP contribution in [0.1, 0.15) is 25.3 Å².